The summed E-state index contributed by atoms with van der Waals surface area (Å²) in [6.45, 7) is 7.53. The second-order valence-electron chi connectivity index (χ2n) is 4.64. The quantitative estimate of drug-likeness (QED) is 0.866. The molecule has 0 atom stereocenters. The minimum atomic E-state index is 0.422. The Morgan fingerprint density at radius 1 is 1.37 bits per heavy atom. The maximum atomic E-state index is 5.54. The normalized spacial score (nSPS) is 10.9. The topological polar surface area (TPSA) is 47.3 Å². The van der Waals surface area contributed by atoms with E-state index in [-0.39, 0.29) is 0 Å². The highest BCUT2D eigenvalue weighted by Gasteiger charge is 2.10. The third kappa shape index (κ3) is 3.58. The summed E-state index contributed by atoms with van der Waals surface area (Å²) in [5.41, 5.74) is 2.07. The molecular weight excluding hydrogens is 240 g/mol. The molecule has 0 saturated heterocycles. The predicted octanol–water partition coefficient (Wildman–Crippen LogP) is 3.24. The molecule has 0 unspecified atom stereocenters. The molecule has 19 heavy (non-hydrogen) atoms. The zero-order chi connectivity index (χ0) is 13.7. The van der Waals surface area contributed by atoms with Crippen molar-refractivity contribution in [3.05, 3.63) is 36.5 Å². The highest BCUT2D eigenvalue weighted by Crippen LogP contribution is 2.27. The fourth-order valence-corrected chi connectivity index (χ4v) is 1.84. The molecule has 0 aliphatic rings. The van der Waals surface area contributed by atoms with Crippen LogP contribution in [-0.2, 0) is 6.54 Å². The smallest absolute Gasteiger partial charge is 0.138 e. The van der Waals surface area contributed by atoms with Crippen molar-refractivity contribution in [2.45, 2.75) is 33.4 Å². The van der Waals surface area contributed by atoms with E-state index in [1.165, 1.54) is 0 Å². The Kier molecular flexibility index (Phi) is 4.58. The van der Waals surface area contributed by atoms with Crippen LogP contribution in [0.15, 0.2) is 35.2 Å². The van der Waals surface area contributed by atoms with Gasteiger partial charge in [-0.15, -0.1) is 0 Å². The molecule has 102 valence electrons. The van der Waals surface area contributed by atoms with Crippen LogP contribution in [0.2, 0.25) is 0 Å². The van der Waals surface area contributed by atoms with Gasteiger partial charge in [-0.1, -0.05) is 13.8 Å². The Bertz CT molecular complexity index is 520. The monoisotopic (exact) mass is 260 g/mol. The molecule has 0 aliphatic carbocycles. The van der Waals surface area contributed by atoms with E-state index in [0.717, 1.165) is 22.6 Å². The molecule has 0 radical (unpaired) electrons. The Hall–Kier alpha value is -1.81. The minimum absolute atomic E-state index is 0.422. The standard InChI is InChI=1S/C15H20N2O2/c1-4-18-13-7-12(8-16-9-13)14-5-6-19-15(14)10-17-11(2)3/h5-9,11,17H,4,10H2,1-3H3. The van der Waals surface area contributed by atoms with Gasteiger partial charge in [0.15, 0.2) is 0 Å². The number of rotatable bonds is 6. The van der Waals surface area contributed by atoms with Gasteiger partial charge in [-0.3, -0.25) is 4.98 Å². The number of furan rings is 1. The van der Waals surface area contributed by atoms with Crippen molar-refractivity contribution >= 4 is 0 Å². The molecule has 0 spiro atoms. The molecule has 2 rings (SSSR count). The Morgan fingerprint density at radius 3 is 2.95 bits per heavy atom. The third-order valence-corrected chi connectivity index (χ3v) is 2.75. The summed E-state index contributed by atoms with van der Waals surface area (Å²) in [7, 11) is 0. The van der Waals surface area contributed by atoms with Crippen LogP contribution < -0.4 is 10.1 Å². The first-order valence-corrected chi connectivity index (χ1v) is 6.58. The molecule has 0 aromatic carbocycles. The van der Waals surface area contributed by atoms with Gasteiger partial charge in [0.25, 0.3) is 0 Å². The lowest BCUT2D eigenvalue weighted by molar-refractivity contribution is 0.339. The van der Waals surface area contributed by atoms with Crippen molar-refractivity contribution in [1.29, 1.82) is 0 Å². The predicted molar refractivity (Wildman–Crippen MR) is 75.1 cm³/mol. The van der Waals surface area contributed by atoms with E-state index in [1.54, 1.807) is 12.5 Å². The van der Waals surface area contributed by atoms with Gasteiger partial charge in [0.2, 0.25) is 0 Å². The first-order valence-electron chi connectivity index (χ1n) is 6.58. The van der Waals surface area contributed by atoms with Crippen molar-refractivity contribution in [1.82, 2.24) is 10.3 Å². The molecule has 0 bridgehead atoms. The molecule has 4 nitrogen and oxygen atoms in total. The lowest BCUT2D eigenvalue weighted by Crippen LogP contribution is -2.21. The van der Waals surface area contributed by atoms with Crippen molar-refractivity contribution in [3.8, 4) is 16.9 Å². The van der Waals surface area contributed by atoms with E-state index in [9.17, 15) is 0 Å². The zero-order valence-corrected chi connectivity index (χ0v) is 11.6. The Morgan fingerprint density at radius 2 is 2.21 bits per heavy atom. The number of hydrogen-bond acceptors (Lipinski definition) is 4. The van der Waals surface area contributed by atoms with E-state index in [4.69, 9.17) is 9.15 Å². The SMILES string of the molecule is CCOc1cncc(-c2ccoc2CNC(C)C)c1. The summed E-state index contributed by atoms with van der Waals surface area (Å²) in [6.07, 6.45) is 5.26. The van der Waals surface area contributed by atoms with Gasteiger partial charge < -0.3 is 14.5 Å². The second-order valence-corrected chi connectivity index (χ2v) is 4.64. The van der Waals surface area contributed by atoms with Crippen molar-refractivity contribution in [3.63, 3.8) is 0 Å². The van der Waals surface area contributed by atoms with Crippen LogP contribution in [0.1, 0.15) is 26.5 Å². The summed E-state index contributed by atoms with van der Waals surface area (Å²) < 4.78 is 11.0. The first-order chi connectivity index (χ1) is 9.20. The Labute approximate surface area is 113 Å². The maximum absolute atomic E-state index is 5.54. The molecular formula is C15H20N2O2. The van der Waals surface area contributed by atoms with Gasteiger partial charge >= 0.3 is 0 Å². The summed E-state index contributed by atoms with van der Waals surface area (Å²) >= 11 is 0. The van der Waals surface area contributed by atoms with E-state index in [0.29, 0.717) is 19.2 Å². The number of nitrogens with one attached hydrogen (secondary N) is 1. The van der Waals surface area contributed by atoms with Crippen molar-refractivity contribution in [2.75, 3.05) is 6.61 Å². The van der Waals surface area contributed by atoms with Gasteiger partial charge in [0, 0.05) is 23.4 Å². The van der Waals surface area contributed by atoms with E-state index < -0.39 is 0 Å². The van der Waals surface area contributed by atoms with Crippen LogP contribution in [0.5, 0.6) is 5.75 Å². The van der Waals surface area contributed by atoms with E-state index >= 15 is 0 Å². The first kappa shape index (κ1) is 13.6. The van der Waals surface area contributed by atoms with Crippen LogP contribution in [-0.4, -0.2) is 17.6 Å². The van der Waals surface area contributed by atoms with Gasteiger partial charge in [-0.25, -0.2) is 0 Å². The molecule has 2 heterocycles. The van der Waals surface area contributed by atoms with Gasteiger partial charge in [0.1, 0.15) is 11.5 Å². The van der Waals surface area contributed by atoms with Crippen molar-refractivity contribution in [2.24, 2.45) is 0 Å². The van der Waals surface area contributed by atoms with Crippen LogP contribution >= 0.6 is 0 Å². The molecule has 0 aliphatic heterocycles. The van der Waals surface area contributed by atoms with Crippen LogP contribution in [0.25, 0.3) is 11.1 Å². The lowest BCUT2D eigenvalue weighted by Gasteiger charge is -2.08. The van der Waals surface area contributed by atoms with Crippen LogP contribution in [0.4, 0.5) is 0 Å². The van der Waals surface area contributed by atoms with Crippen LogP contribution in [0.3, 0.4) is 0 Å². The van der Waals surface area contributed by atoms with E-state index in [1.807, 2.05) is 25.3 Å². The molecule has 0 fully saturated rings. The highest BCUT2D eigenvalue weighted by molar-refractivity contribution is 5.65. The average Bonchev–Trinajstić information content (AvgIpc) is 2.85. The molecule has 0 amide bonds. The highest BCUT2D eigenvalue weighted by atomic mass is 16.5. The minimum Gasteiger partial charge on any atom is -0.492 e. The molecule has 2 aromatic rings. The number of nitrogens with zero attached hydrogens (tertiary/aromatic N) is 1. The largest absolute Gasteiger partial charge is 0.492 e. The third-order valence-electron chi connectivity index (χ3n) is 2.75. The summed E-state index contributed by atoms with van der Waals surface area (Å²) in [5.74, 6) is 1.70. The fourth-order valence-electron chi connectivity index (χ4n) is 1.84. The molecule has 1 N–H and O–H groups in total. The fraction of sp³-hybridized carbons (Fsp3) is 0.400. The average molecular weight is 260 g/mol. The van der Waals surface area contributed by atoms with E-state index in [2.05, 4.69) is 24.1 Å². The van der Waals surface area contributed by atoms with Gasteiger partial charge in [-0.2, -0.15) is 0 Å². The summed E-state index contributed by atoms with van der Waals surface area (Å²) in [5, 5.41) is 3.35. The number of ether oxygens (including phenoxy) is 1. The Balaban J connectivity index is 2.21. The summed E-state index contributed by atoms with van der Waals surface area (Å²) in [4.78, 5) is 4.21. The molecule has 4 heteroatoms. The zero-order valence-electron chi connectivity index (χ0n) is 11.6. The van der Waals surface area contributed by atoms with Gasteiger partial charge in [-0.05, 0) is 19.1 Å². The number of hydrogen-bond donors (Lipinski definition) is 1. The van der Waals surface area contributed by atoms with Crippen molar-refractivity contribution < 1.29 is 9.15 Å². The summed E-state index contributed by atoms with van der Waals surface area (Å²) in [6, 6.07) is 4.37. The lowest BCUT2D eigenvalue weighted by atomic mass is 10.1. The second kappa shape index (κ2) is 6.38. The number of pyridine rings is 1. The maximum Gasteiger partial charge on any atom is 0.138 e. The molecule has 0 saturated carbocycles. The van der Waals surface area contributed by atoms with Gasteiger partial charge in [0.05, 0.1) is 25.6 Å². The number of aromatic nitrogens is 1. The van der Waals surface area contributed by atoms with Crippen LogP contribution in [0, 0.1) is 0 Å². The molecule has 2 aromatic heterocycles.